The van der Waals surface area contributed by atoms with Gasteiger partial charge in [-0.3, -0.25) is 0 Å². The first kappa shape index (κ1) is 17.8. The number of imidazole rings is 1. The average molecular weight is 390 g/mol. The first-order valence-electron chi connectivity index (χ1n) is 7.22. The maximum absolute atomic E-state index is 11.7. The number of nitrogens with zero attached hydrogens (tertiary/aromatic N) is 5. The van der Waals surface area contributed by atoms with Crippen LogP contribution in [0.5, 0.6) is 0 Å². The fourth-order valence-corrected chi connectivity index (χ4v) is 3.07. The van der Waals surface area contributed by atoms with Crippen molar-refractivity contribution >= 4 is 43.8 Å². The molecule has 0 saturated heterocycles. The van der Waals surface area contributed by atoms with Gasteiger partial charge in [-0.05, 0) is 12.1 Å². The lowest BCUT2D eigenvalue weighted by Crippen LogP contribution is -2.07. The Balaban J connectivity index is 2.28. The largest absolute Gasteiger partial charge is 0.504 e. The van der Waals surface area contributed by atoms with Crippen LogP contribution in [0, 0.1) is 11.3 Å². The second-order valence-corrected chi connectivity index (χ2v) is 7.76. The number of rotatable bonds is 3. The lowest BCUT2D eigenvalue weighted by molar-refractivity contribution is 0.508. The molecule has 0 bridgehead atoms. The number of aliphatic hydroxyl groups excluding tert-OH is 1. The van der Waals surface area contributed by atoms with Crippen LogP contribution in [0.4, 0.5) is 0 Å². The molecule has 0 aliphatic carbocycles. The van der Waals surface area contributed by atoms with Gasteiger partial charge in [0.2, 0.25) is 15.0 Å². The highest BCUT2D eigenvalue weighted by Crippen LogP contribution is 2.28. The molecule has 0 aliphatic rings. The molecule has 26 heavy (non-hydrogen) atoms. The SMILES string of the molecule is Cn1c(/C(C#N)=C(\O)c2nc(S(C)(=O)=O)ncc2Cl)nc2ccccc21. The summed E-state index contributed by atoms with van der Waals surface area (Å²) < 4.78 is 24.9. The molecule has 8 nitrogen and oxygen atoms in total. The molecule has 132 valence electrons. The smallest absolute Gasteiger partial charge is 0.247 e. The molecular weight excluding hydrogens is 378 g/mol. The number of nitriles is 1. The van der Waals surface area contributed by atoms with Crippen LogP contribution < -0.4 is 0 Å². The molecule has 1 aromatic carbocycles. The summed E-state index contributed by atoms with van der Waals surface area (Å²) in [5, 5.41) is 19.5. The first-order chi connectivity index (χ1) is 12.2. The molecule has 0 atom stereocenters. The molecular formula is C16H12ClN5O3S. The topological polar surface area (TPSA) is 122 Å². The number of benzene rings is 1. The normalized spacial score (nSPS) is 12.7. The van der Waals surface area contributed by atoms with Crippen molar-refractivity contribution in [3.8, 4) is 6.07 Å². The Kier molecular flexibility index (Phi) is 4.39. The molecule has 0 amide bonds. The van der Waals surface area contributed by atoms with E-state index in [0.29, 0.717) is 5.52 Å². The van der Waals surface area contributed by atoms with E-state index in [0.717, 1.165) is 18.0 Å². The zero-order chi connectivity index (χ0) is 19.1. The molecule has 2 aromatic heterocycles. The number of aryl methyl sites for hydroxylation is 1. The van der Waals surface area contributed by atoms with E-state index in [4.69, 9.17) is 11.6 Å². The third-order valence-corrected chi connectivity index (χ3v) is 4.77. The summed E-state index contributed by atoms with van der Waals surface area (Å²) in [5.74, 6) is -0.384. The fourth-order valence-electron chi connectivity index (χ4n) is 2.39. The van der Waals surface area contributed by atoms with Crippen LogP contribution in [0.3, 0.4) is 0 Å². The molecule has 0 saturated carbocycles. The molecule has 0 fully saturated rings. The molecule has 1 N–H and O–H groups in total. The van der Waals surface area contributed by atoms with E-state index < -0.39 is 20.8 Å². The third kappa shape index (κ3) is 3.00. The maximum Gasteiger partial charge on any atom is 0.247 e. The second kappa shape index (κ2) is 6.40. The van der Waals surface area contributed by atoms with Gasteiger partial charge in [0.1, 0.15) is 17.3 Å². The van der Waals surface area contributed by atoms with E-state index in [9.17, 15) is 18.8 Å². The van der Waals surface area contributed by atoms with Crippen LogP contribution in [-0.2, 0) is 16.9 Å². The molecule has 3 rings (SSSR count). The van der Waals surface area contributed by atoms with Crippen LogP contribution in [0.25, 0.3) is 22.4 Å². The molecule has 2 heterocycles. The van der Waals surface area contributed by atoms with E-state index in [1.165, 1.54) is 0 Å². The van der Waals surface area contributed by atoms with Crippen LogP contribution >= 0.6 is 11.6 Å². The van der Waals surface area contributed by atoms with Crippen molar-refractivity contribution in [3.05, 3.63) is 47.0 Å². The summed E-state index contributed by atoms with van der Waals surface area (Å²) >= 11 is 6.00. The Bertz CT molecular complexity index is 1210. The molecule has 10 heteroatoms. The average Bonchev–Trinajstić information content (AvgIpc) is 2.92. The standard InChI is InChI=1S/C16H12ClN5O3S/c1-22-12-6-4-3-5-11(12)20-15(22)9(7-18)14(23)13-10(17)8-19-16(21-13)26(2,24)25/h3-6,8,23H,1-2H3/b14-9-. The second-order valence-electron chi connectivity index (χ2n) is 5.44. The van der Waals surface area contributed by atoms with Crippen molar-refractivity contribution in [3.63, 3.8) is 0 Å². The van der Waals surface area contributed by atoms with Gasteiger partial charge in [-0.1, -0.05) is 23.7 Å². The van der Waals surface area contributed by atoms with Gasteiger partial charge in [0, 0.05) is 13.3 Å². The van der Waals surface area contributed by atoms with Gasteiger partial charge in [0.25, 0.3) is 0 Å². The quantitative estimate of drug-likeness (QED) is 0.414. The van der Waals surface area contributed by atoms with Gasteiger partial charge in [0.05, 0.1) is 22.3 Å². The summed E-state index contributed by atoms with van der Waals surface area (Å²) in [6.07, 6.45) is 1.98. The van der Waals surface area contributed by atoms with Crippen molar-refractivity contribution < 1.29 is 13.5 Å². The molecule has 0 radical (unpaired) electrons. The minimum Gasteiger partial charge on any atom is -0.504 e. The molecule has 0 unspecified atom stereocenters. The summed E-state index contributed by atoms with van der Waals surface area (Å²) in [4.78, 5) is 11.8. The van der Waals surface area contributed by atoms with Crippen molar-refractivity contribution in [2.24, 2.45) is 7.05 Å². The number of aliphatic hydroxyl groups is 1. The minimum absolute atomic E-state index is 0.0959. The number of allylic oxidation sites excluding steroid dienone is 1. The van der Waals surface area contributed by atoms with Crippen molar-refractivity contribution in [1.29, 1.82) is 5.26 Å². The van der Waals surface area contributed by atoms with Gasteiger partial charge < -0.3 is 9.67 Å². The number of hydrogen-bond acceptors (Lipinski definition) is 7. The van der Waals surface area contributed by atoms with Crippen molar-refractivity contribution in [2.45, 2.75) is 5.16 Å². The van der Waals surface area contributed by atoms with Crippen molar-refractivity contribution in [1.82, 2.24) is 19.5 Å². The predicted octanol–water partition coefficient (Wildman–Crippen LogP) is 2.37. The molecule has 3 aromatic rings. The Hall–Kier alpha value is -2.96. The Morgan fingerprint density at radius 3 is 2.62 bits per heavy atom. The zero-order valence-electron chi connectivity index (χ0n) is 13.7. The number of para-hydroxylation sites is 2. The Labute approximate surface area is 153 Å². The highest BCUT2D eigenvalue weighted by molar-refractivity contribution is 7.90. The Morgan fingerprint density at radius 1 is 1.31 bits per heavy atom. The Morgan fingerprint density at radius 2 is 2.00 bits per heavy atom. The molecule has 0 spiro atoms. The predicted molar refractivity (Wildman–Crippen MR) is 95.9 cm³/mol. The fraction of sp³-hybridized carbons (Fsp3) is 0.125. The zero-order valence-corrected chi connectivity index (χ0v) is 15.2. The lowest BCUT2D eigenvalue weighted by Gasteiger charge is -2.07. The van der Waals surface area contributed by atoms with Crippen LogP contribution in [-0.4, -0.2) is 39.3 Å². The van der Waals surface area contributed by atoms with Crippen LogP contribution in [0.1, 0.15) is 11.5 Å². The number of aromatic nitrogens is 4. The van der Waals surface area contributed by atoms with E-state index in [1.54, 1.807) is 23.7 Å². The van der Waals surface area contributed by atoms with E-state index in [-0.39, 0.29) is 22.1 Å². The summed E-state index contributed by atoms with van der Waals surface area (Å²) in [6.45, 7) is 0. The number of sulfone groups is 1. The van der Waals surface area contributed by atoms with Gasteiger partial charge >= 0.3 is 0 Å². The number of fused-ring (bicyclic) bond motifs is 1. The minimum atomic E-state index is -3.72. The third-order valence-electron chi connectivity index (χ3n) is 3.64. The monoisotopic (exact) mass is 389 g/mol. The van der Waals surface area contributed by atoms with Crippen LogP contribution in [0.15, 0.2) is 35.6 Å². The van der Waals surface area contributed by atoms with Gasteiger partial charge in [-0.2, -0.15) is 5.26 Å². The van der Waals surface area contributed by atoms with Gasteiger partial charge in [0.15, 0.2) is 11.6 Å². The molecule has 0 aliphatic heterocycles. The van der Waals surface area contributed by atoms with E-state index >= 15 is 0 Å². The number of halogens is 1. The highest BCUT2D eigenvalue weighted by atomic mass is 35.5. The van der Waals surface area contributed by atoms with Crippen molar-refractivity contribution in [2.75, 3.05) is 6.26 Å². The summed E-state index contributed by atoms with van der Waals surface area (Å²) in [7, 11) is -2.03. The van der Waals surface area contributed by atoms with Gasteiger partial charge in [-0.25, -0.2) is 23.4 Å². The van der Waals surface area contributed by atoms with Gasteiger partial charge in [-0.15, -0.1) is 0 Å². The van der Waals surface area contributed by atoms with E-state index in [1.807, 2.05) is 18.2 Å². The number of hydrogen-bond donors (Lipinski definition) is 1. The highest BCUT2D eigenvalue weighted by Gasteiger charge is 2.22. The first-order valence-corrected chi connectivity index (χ1v) is 9.49. The summed E-state index contributed by atoms with van der Waals surface area (Å²) in [5.41, 5.74) is 0.944. The van der Waals surface area contributed by atoms with E-state index in [2.05, 4.69) is 15.0 Å². The lowest BCUT2D eigenvalue weighted by atomic mass is 10.2. The summed E-state index contributed by atoms with van der Waals surface area (Å²) in [6, 6.07) is 9.09. The maximum atomic E-state index is 11.7. The van der Waals surface area contributed by atoms with Crippen LogP contribution in [0.2, 0.25) is 5.02 Å².